The zero-order chi connectivity index (χ0) is 14.8. The van der Waals surface area contributed by atoms with Gasteiger partial charge in [0.15, 0.2) is 5.96 Å². The molecule has 0 spiro atoms. The van der Waals surface area contributed by atoms with Crippen LogP contribution in [0.1, 0.15) is 26.7 Å². The second-order valence-electron chi connectivity index (χ2n) is 5.83. The number of hydrogen-bond donors (Lipinski definition) is 1. The lowest BCUT2D eigenvalue weighted by molar-refractivity contribution is 0.486. The molecule has 2 rings (SSSR count). The minimum absolute atomic E-state index is 0. The molecule has 0 atom stereocenters. The highest BCUT2D eigenvalue weighted by molar-refractivity contribution is 14.0. The molecule has 0 aliphatic heterocycles. The Morgan fingerprint density at radius 1 is 1.38 bits per heavy atom. The summed E-state index contributed by atoms with van der Waals surface area (Å²) in [5.74, 6) is 0.664. The Kier molecular flexibility index (Phi) is 7.33. The summed E-state index contributed by atoms with van der Waals surface area (Å²) in [5, 5.41) is 0. The van der Waals surface area contributed by atoms with Crippen LogP contribution in [-0.2, 0) is 0 Å². The van der Waals surface area contributed by atoms with Gasteiger partial charge in [0.05, 0.1) is 6.54 Å². The van der Waals surface area contributed by atoms with Gasteiger partial charge in [-0.05, 0) is 51.0 Å². The van der Waals surface area contributed by atoms with Crippen molar-refractivity contribution in [1.29, 1.82) is 0 Å². The van der Waals surface area contributed by atoms with Gasteiger partial charge in [-0.2, -0.15) is 0 Å². The predicted molar refractivity (Wildman–Crippen MR) is 107 cm³/mol. The van der Waals surface area contributed by atoms with Crippen LogP contribution >= 0.6 is 51.7 Å². The Morgan fingerprint density at radius 2 is 1.95 bits per heavy atom. The molecule has 1 aliphatic carbocycles. The van der Waals surface area contributed by atoms with Crippen LogP contribution < -0.4 is 5.73 Å². The van der Waals surface area contributed by atoms with Gasteiger partial charge in [0.2, 0.25) is 0 Å². The monoisotopic (exact) mass is 483 g/mol. The largest absolute Gasteiger partial charge is 0.370 e. The fourth-order valence-corrected chi connectivity index (χ4v) is 3.19. The Morgan fingerprint density at radius 3 is 2.48 bits per heavy atom. The predicted octanol–water partition coefficient (Wildman–Crippen LogP) is 4.35. The Labute approximate surface area is 157 Å². The quantitative estimate of drug-likeness (QED) is 0.293. The van der Waals surface area contributed by atoms with E-state index >= 15 is 0 Å². The smallest absolute Gasteiger partial charge is 0.191 e. The van der Waals surface area contributed by atoms with Crippen LogP contribution in [0.2, 0.25) is 0 Å². The average molecular weight is 484 g/mol. The van der Waals surface area contributed by atoms with Gasteiger partial charge in [-0.15, -0.1) is 35.7 Å². The average Bonchev–Trinajstić information content (AvgIpc) is 3.22. The maximum atomic E-state index is 6.04. The second kappa shape index (κ2) is 8.06. The van der Waals surface area contributed by atoms with Gasteiger partial charge in [0, 0.05) is 27.2 Å². The van der Waals surface area contributed by atoms with E-state index in [1.807, 2.05) is 18.8 Å². The number of thioether (sulfide) groups is 1. The molecule has 0 heterocycles. The van der Waals surface area contributed by atoms with Crippen LogP contribution in [0.15, 0.2) is 38.6 Å². The van der Waals surface area contributed by atoms with Crippen molar-refractivity contribution in [2.24, 2.45) is 10.7 Å². The van der Waals surface area contributed by atoms with Crippen molar-refractivity contribution in [3.8, 4) is 0 Å². The Bertz CT molecular complexity index is 486. The van der Waals surface area contributed by atoms with E-state index in [-0.39, 0.29) is 28.7 Å². The number of benzene rings is 1. The third kappa shape index (κ3) is 6.36. The van der Waals surface area contributed by atoms with Gasteiger partial charge in [-0.3, -0.25) is 4.99 Å². The molecule has 21 heavy (non-hydrogen) atoms. The van der Waals surface area contributed by atoms with Crippen molar-refractivity contribution in [2.45, 2.75) is 42.4 Å². The Hall–Kier alpha value is 0.0500. The van der Waals surface area contributed by atoms with Crippen molar-refractivity contribution >= 4 is 57.6 Å². The van der Waals surface area contributed by atoms with E-state index in [4.69, 9.17) is 5.73 Å². The van der Waals surface area contributed by atoms with Crippen molar-refractivity contribution in [2.75, 3.05) is 13.6 Å². The standard InChI is InChI=1S/C15H22BrN3S.HI/c1-15(2,20-13-8-4-11(16)5-9-13)10-18-14(17)19(3)12-6-7-12;/h4-5,8-9,12H,6-7,10H2,1-3H3,(H2,17,18);1H. The SMILES string of the molecule is CN(C(N)=NCC(C)(C)Sc1ccc(Br)cc1)C1CC1.I. The molecular weight excluding hydrogens is 461 g/mol. The fourth-order valence-electron chi connectivity index (χ4n) is 1.89. The fraction of sp³-hybridized carbons (Fsp3) is 0.533. The molecular formula is C15H23BrIN3S. The molecule has 2 N–H and O–H groups in total. The van der Waals surface area contributed by atoms with E-state index in [0.29, 0.717) is 12.0 Å². The molecule has 118 valence electrons. The van der Waals surface area contributed by atoms with Gasteiger partial charge >= 0.3 is 0 Å². The molecule has 0 bridgehead atoms. The molecule has 6 heteroatoms. The lowest BCUT2D eigenvalue weighted by Gasteiger charge is -2.24. The van der Waals surface area contributed by atoms with Crippen molar-refractivity contribution < 1.29 is 0 Å². The summed E-state index contributed by atoms with van der Waals surface area (Å²) in [6.45, 7) is 5.12. The van der Waals surface area contributed by atoms with Crippen LogP contribution in [0.5, 0.6) is 0 Å². The number of nitrogens with zero attached hydrogens (tertiary/aromatic N) is 2. The summed E-state index contributed by atoms with van der Waals surface area (Å²) in [4.78, 5) is 7.91. The molecule has 1 aromatic rings. The number of nitrogens with two attached hydrogens (primary N) is 1. The lowest BCUT2D eigenvalue weighted by Crippen LogP contribution is -2.37. The summed E-state index contributed by atoms with van der Waals surface area (Å²) < 4.78 is 1.14. The minimum atomic E-state index is 0. The lowest BCUT2D eigenvalue weighted by atomic mass is 10.2. The van der Waals surface area contributed by atoms with E-state index in [2.05, 4.69) is 63.9 Å². The summed E-state index contributed by atoms with van der Waals surface area (Å²) in [6, 6.07) is 8.99. The molecule has 0 saturated heterocycles. The van der Waals surface area contributed by atoms with E-state index in [1.54, 1.807) is 0 Å². The summed E-state index contributed by atoms with van der Waals surface area (Å²) in [5.41, 5.74) is 6.04. The summed E-state index contributed by atoms with van der Waals surface area (Å²) >= 11 is 5.29. The zero-order valence-corrected chi connectivity index (χ0v) is 17.4. The number of guanidine groups is 1. The number of hydrogen-bond acceptors (Lipinski definition) is 2. The first-order chi connectivity index (χ1) is 9.37. The van der Waals surface area contributed by atoms with E-state index in [0.717, 1.165) is 11.0 Å². The molecule has 0 aromatic heterocycles. The minimum Gasteiger partial charge on any atom is -0.370 e. The number of halogens is 2. The highest BCUT2D eigenvalue weighted by atomic mass is 127. The van der Waals surface area contributed by atoms with Crippen molar-refractivity contribution in [3.63, 3.8) is 0 Å². The number of rotatable bonds is 5. The topological polar surface area (TPSA) is 41.6 Å². The van der Waals surface area contributed by atoms with Crippen LogP contribution in [0, 0.1) is 0 Å². The van der Waals surface area contributed by atoms with E-state index < -0.39 is 0 Å². The highest BCUT2D eigenvalue weighted by Gasteiger charge is 2.28. The third-order valence-corrected chi connectivity index (χ3v) is 5.00. The van der Waals surface area contributed by atoms with Crippen LogP contribution in [0.25, 0.3) is 0 Å². The first kappa shape index (κ1) is 19.1. The molecule has 1 fully saturated rings. The van der Waals surface area contributed by atoms with E-state index in [1.165, 1.54) is 17.7 Å². The molecule has 0 amide bonds. The zero-order valence-electron chi connectivity index (χ0n) is 12.7. The third-order valence-electron chi connectivity index (χ3n) is 3.29. The Balaban J connectivity index is 0.00000220. The maximum absolute atomic E-state index is 6.04. The van der Waals surface area contributed by atoms with Crippen LogP contribution in [0.3, 0.4) is 0 Å². The first-order valence-electron chi connectivity index (χ1n) is 6.85. The van der Waals surface area contributed by atoms with Crippen molar-refractivity contribution in [1.82, 2.24) is 4.90 Å². The molecule has 1 aliphatic rings. The first-order valence-corrected chi connectivity index (χ1v) is 8.46. The molecule has 0 radical (unpaired) electrons. The van der Waals surface area contributed by atoms with Crippen molar-refractivity contribution in [3.05, 3.63) is 28.7 Å². The molecule has 0 unspecified atom stereocenters. The van der Waals surface area contributed by atoms with E-state index in [9.17, 15) is 0 Å². The normalized spacial score (nSPS) is 15.5. The maximum Gasteiger partial charge on any atom is 0.191 e. The van der Waals surface area contributed by atoms with Gasteiger partial charge in [0.25, 0.3) is 0 Å². The molecule has 3 nitrogen and oxygen atoms in total. The summed E-state index contributed by atoms with van der Waals surface area (Å²) in [7, 11) is 2.03. The van der Waals surface area contributed by atoms with Crippen LogP contribution in [-0.4, -0.2) is 35.2 Å². The second-order valence-corrected chi connectivity index (χ2v) is 8.53. The van der Waals surface area contributed by atoms with Crippen LogP contribution in [0.4, 0.5) is 0 Å². The summed E-state index contributed by atoms with van der Waals surface area (Å²) in [6.07, 6.45) is 2.48. The number of aliphatic imine (C=N–C) groups is 1. The van der Waals surface area contributed by atoms with Gasteiger partial charge in [-0.1, -0.05) is 15.9 Å². The van der Waals surface area contributed by atoms with Gasteiger partial charge in [-0.25, -0.2) is 0 Å². The van der Waals surface area contributed by atoms with Gasteiger partial charge in [0.1, 0.15) is 0 Å². The molecule has 1 aromatic carbocycles. The molecule has 1 saturated carbocycles. The van der Waals surface area contributed by atoms with Gasteiger partial charge < -0.3 is 10.6 Å². The highest BCUT2D eigenvalue weighted by Crippen LogP contribution is 2.33.